The van der Waals surface area contributed by atoms with Crippen LogP contribution >= 0.6 is 7.82 Å². The molecule has 0 fully saturated rings. The first-order chi connectivity index (χ1) is 12.8. The molecule has 0 radical (unpaired) electrons. The number of carbonyl (C=O) groups is 2. The van der Waals surface area contributed by atoms with Crippen molar-refractivity contribution in [1.82, 2.24) is 0 Å². The second-order valence-electron chi connectivity index (χ2n) is 6.10. The van der Waals surface area contributed by atoms with Gasteiger partial charge in [0, 0.05) is 19.4 Å². The fourth-order valence-corrected chi connectivity index (χ4v) is 2.78. The number of rotatable bonds is 17. The van der Waals surface area contributed by atoms with Crippen molar-refractivity contribution >= 4 is 19.8 Å². The van der Waals surface area contributed by atoms with E-state index in [1.54, 1.807) is 0 Å². The van der Waals surface area contributed by atoms with Gasteiger partial charge in [0.25, 0.3) is 0 Å². The molecule has 0 aromatic rings. The van der Waals surface area contributed by atoms with Gasteiger partial charge in [-0.25, -0.2) is 4.57 Å². The summed E-state index contributed by atoms with van der Waals surface area (Å²) in [7, 11) is -4.31. The summed E-state index contributed by atoms with van der Waals surface area (Å²) in [4.78, 5) is 33.1. The van der Waals surface area contributed by atoms with Gasteiger partial charge in [-0.3, -0.25) is 18.6 Å². The highest BCUT2D eigenvalue weighted by Gasteiger charge is 2.25. The Morgan fingerprint density at radius 1 is 0.963 bits per heavy atom. The van der Waals surface area contributed by atoms with E-state index in [9.17, 15) is 19.0 Å². The summed E-state index contributed by atoms with van der Waals surface area (Å²) < 4.78 is 31.4. The molecule has 0 aromatic carbocycles. The molecule has 27 heavy (non-hydrogen) atoms. The molecular formula is C17H34NO8P. The molecule has 0 aliphatic rings. The Morgan fingerprint density at radius 2 is 1.63 bits per heavy atom. The molecule has 0 saturated carbocycles. The van der Waals surface area contributed by atoms with Crippen LogP contribution < -0.4 is 5.73 Å². The molecule has 0 aromatic heterocycles. The highest BCUT2D eigenvalue weighted by Crippen LogP contribution is 2.43. The van der Waals surface area contributed by atoms with Crippen LogP contribution in [0.2, 0.25) is 0 Å². The molecule has 0 saturated heterocycles. The summed E-state index contributed by atoms with van der Waals surface area (Å²) >= 11 is 0. The van der Waals surface area contributed by atoms with E-state index in [0.717, 1.165) is 25.7 Å². The van der Waals surface area contributed by atoms with Crippen molar-refractivity contribution in [2.24, 2.45) is 5.73 Å². The molecule has 0 amide bonds. The standard InChI is InChI=1S/C17H34NO8P/c1-3-5-7-8-10-17(20)26-15(13-23-16(19)9-6-4-2)14-25-27(21,22)24-12-11-18/h15H,3-14,18H2,1-2H3,(H,21,22). The summed E-state index contributed by atoms with van der Waals surface area (Å²) in [5.74, 6) is -0.896. The topological polar surface area (TPSA) is 134 Å². The lowest BCUT2D eigenvalue weighted by molar-refractivity contribution is -0.161. The van der Waals surface area contributed by atoms with Crippen molar-refractivity contribution in [3.8, 4) is 0 Å². The Kier molecular flexibility index (Phi) is 15.4. The van der Waals surface area contributed by atoms with E-state index in [0.29, 0.717) is 12.8 Å². The Bertz CT molecular complexity index is 460. The summed E-state index contributed by atoms with van der Waals surface area (Å²) in [6, 6.07) is 0. The minimum atomic E-state index is -4.31. The third-order valence-electron chi connectivity index (χ3n) is 3.49. The molecule has 0 aliphatic carbocycles. The Balaban J connectivity index is 4.53. The van der Waals surface area contributed by atoms with Crippen LogP contribution in [0, 0.1) is 0 Å². The maximum Gasteiger partial charge on any atom is 0.472 e. The van der Waals surface area contributed by atoms with E-state index in [-0.39, 0.29) is 32.6 Å². The summed E-state index contributed by atoms with van der Waals surface area (Å²) in [6.45, 7) is 3.24. The SMILES string of the molecule is CCCCCCC(=O)OC(COC(=O)CCCC)COP(=O)(O)OCCN. The van der Waals surface area contributed by atoms with Crippen LogP contribution in [-0.4, -0.2) is 49.3 Å². The van der Waals surface area contributed by atoms with Crippen LogP contribution in [0.25, 0.3) is 0 Å². The van der Waals surface area contributed by atoms with Gasteiger partial charge >= 0.3 is 19.8 Å². The van der Waals surface area contributed by atoms with E-state index in [1.165, 1.54) is 0 Å². The second kappa shape index (κ2) is 16.0. The fourth-order valence-electron chi connectivity index (χ4n) is 2.02. The van der Waals surface area contributed by atoms with Crippen LogP contribution in [0.5, 0.6) is 0 Å². The van der Waals surface area contributed by atoms with Gasteiger partial charge in [-0.15, -0.1) is 0 Å². The molecule has 2 unspecified atom stereocenters. The van der Waals surface area contributed by atoms with E-state index in [2.05, 4.69) is 11.4 Å². The number of ether oxygens (including phenoxy) is 2. The second-order valence-corrected chi connectivity index (χ2v) is 7.55. The van der Waals surface area contributed by atoms with Gasteiger partial charge in [0.1, 0.15) is 6.61 Å². The average molecular weight is 411 g/mol. The Hall–Kier alpha value is -0.990. The molecule has 0 aliphatic heterocycles. The molecule has 9 nitrogen and oxygen atoms in total. The third-order valence-corrected chi connectivity index (χ3v) is 4.48. The van der Waals surface area contributed by atoms with Crippen LogP contribution in [0.4, 0.5) is 0 Å². The van der Waals surface area contributed by atoms with E-state index in [4.69, 9.17) is 19.7 Å². The number of hydrogen-bond donors (Lipinski definition) is 2. The van der Waals surface area contributed by atoms with Gasteiger partial charge in [0.15, 0.2) is 6.10 Å². The first-order valence-corrected chi connectivity index (χ1v) is 11.0. The number of carbonyl (C=O) groups excluding carboxylic acids is 2. The molecule has 0 heterocycles. The van der Waals surface area contributed by atoms with Crippen molar-refractivity contribution < 1.29 is 37.6 Å². The monoisotopic (exact) mass is 411 g/mol. The number of phosphoric ester groups is 1. The van der Waals surface area contributed by atoms with Crippen molar-refractivity contribution in [3.05, 3.63) is 0 Å². The van der Waals surface area contributed by atoms with E-state index >= 15 is 0 Å². The van der Waals surface area contributed by atoms with Crippen molar-refractivity contribution in [3.63, 3.8) is 0 Å². The zero-order chi connectivity index (χ0) is 20.5. The quantitative estimate of drug-likeness (QED) is 0.210. The molecule has 2 atom stereocenters. The normalized spacial score (nSPS) is 14.4. The van der Waals surface area contributed by atoms with Gasteiger partial charge in [-0.1, -0.05) is 39.5 Å². The smallest absolute Gasteiger partial charge is 0.462 e. The van der Waals surface area contributed by atoms with Crippen LogP contribution in [-0.2, 0) is 32.7 Å². The predicted octanol–water partition coefficient (Wildman–Crippen LogP) is 2.69. The molecule has 160 valence electrons. The highest BCUT2D eigenvalue weighted by molar-refractivity contribution is 7.47. The minimum absolute atomic E-state index is 0.0547. The molecule has 10 heteroatoms. The van der Waals surface area contributed by atoms with E-state index < -0.39 is 32.5 Å². The van der Waals surface area contributed by atoms with Crippen molar-refractivity contribution in [2.75, 3.05) is 26.4 Å². The van der Waals surface area contributed by atoms with Crippen molar-refractivity contribution in [1.29, 1.82) is 0 Å². The zero-order valence-electron chi connectivity index (χ0n) is 16.4. The summed E-state index contributed by atoms with van der Waals surface area (Å²) in [5, 5.41) is 0. The van der Waals surface area contributed by atoms with Gasteiger partial charge in [0.2, 0.25) is 0 Å². The van der Waals surface area contributed by atoms with Gasteiger partial charge < -0.3 is 20.1 Å². The molecule has 3 N–H and O–H groups in total. The van der Waals surface area contributed by atoms with Crippen LogP contribution in [0.15, 0.2) is 0 Å². The molecular weight excluding hydrogens is 377 g/mol. The number of nitrogens with two attached hydrogens (primary N) is 1. The van der Waals surface area contributed by atoms with E-state index in [1.807, 2.05) is 6.92 Å². The average Bonchev–Trinajstić information content (AvgIpc) is 2.64. The summed E-state index contributed by atoms with van der Waals surface area (Å²) in [6.07, 6.45) is 4.71. The van der Waals surface area contributed by atoms with Gasteiger partial charge in [-0.05, 0) is 12.8 Å². The fraction of sp³-hybridized carbons (Fsp3) is 0.882. The Labute approximate surface area is 161 Å². The third kappa shape index (κ3) is 15.7. The molecule has 0 bridgehead atoms. The number of unbranched alkanes of at least 4 members (excludes halogenated alkanes) is 4. The molecule has 0 spiro atoms. The maximum absolute atomic E-state index is 11.9. The molecule has 0 rings (SSSR count). The lowest BCUT2D eigenvalue weighted by Crippen LogP contribution is -2.29. The predicted molar refractivity (Wildman–Crippen MR) is 99.9 cm³/mol. The van der Waals surface area contributed by atoms with Crippen molar-refractivity contribution in [2.45, 2.75) is 71.3 Å². The van der Waals surface area contributed by atoms with Crippen LogP contribution in [0.3, 0.4) is 0 Å². The largest absolute Gasteiger partial charge is 0.472 e. The lowest BCUT2D eigenvalue weighted by atomic mass is 10.1. The van der Waals surface area contributed by atoms with Gasteiger partial charge in [-0.2, -0.15) is 0 Å². The lowest BCUT2D eigenvalue weighted by Gasteiger charge is -2.19. The first kappa shape index (κ1) is 26.0. The van der Waals surface area contributed by atoms with Gasteiger partial charge in [0.05, 0.1) is 13.2 Å². The zero-order valence-corrected chi connectivity index (χ0v) is 17.3. The Morgan fingerprint density at radius 3 is 2.26 bits per heavy atom. The maximum atomic E-state index is 11.9. The minimum Gasteiger partial charge on any atom is -0.462 e. The highest BCUT2D eigenvalue weighted by atomic mass is 31.2. The van der Waals surface area contributed by atoms with Crippen LogP contribution in [0.1, 0.15) is 65.2 Å². The number of phosphoric acid groups is 1. The number of hydrogen-bond acceptors (Lipinski definition) is 8. The first-order valence-electron chi connectivity index (χ1n) is 9.51. The number of esters is 2. The summed E-state index contributed by atoms with van der Waals surface area (Å²) in [5.41, 5.74) is 5.21.